The molecule has 8 heteroatoms. The van der Waals surface area contributed by atoms with Gasteiger partial charge in [-0.15, -0.1) is 6.58 Å². The molecular formula is C28H29N5O3. The number of hydrogen-bond donors (Lipinski definition) is 2. The fraction of sp³-hybridized carbons (Fsp3) is 0.250. The van der Waals surface area contributed by atoms with E-state index in [1.807, 2.05) is 66.4 Å². The van der Waals surface area contributed by atoms with Crippen LogP contribution >= 0.6 is 0 Å². The standard InChI is InChI=1S/C28H29N5O3/c1-3-18(2)28(35)32-15-13-19(14-16-32)23-17-30-33-25(26(29)34)24(31-27(23)33)20-9-11-22(12-10-20)36-21-7-5-4-6-8-21/h3-12,17-19,31H,1,13-16H2,2H3,(H2,29,34). The number of carbonyl (C=O) groups is 2. The number of piperidine rings is 1. The van der Waals surface area contributed by atoms with Gasteiger partial charge in [0.15, 0.2) is 5.69 Å². The number of H-pyrrole nitrogens is 1. The Labute approximate surface area is 209 Å². The van der Waals surface area contributed by atoms with Crippen molar-refractivity contribution >= 4 is 17.5 Å². The zero-order valence-corrected chi connectivity index (χ0v) is 20.2. The molecule has 0 bridgehead atoms. The fourth-order valence-electron chi connectivity index (χ4n) is 4.79. The van der Waals surface area contributed by atoms with Crippen molar-refractivity contribution in [3.63, 3.8) is 0 Å². The van der Waals surface area contributed by atoms with Crippen LogP contribution < -0.4 is 10.5 Å². The van der Waals surface area contributed by atoms with Gasteiger partial charge in [0.05, 0.1) is 17.8 Å². The number of carbonyl (C=O) groups excluding carboxylic acids is 2. The summed E-state index contributed by atoms with van der Waals surface area (Å²) < 4.78 is 7.48. The highest BCUT2D eigenvalue weighted by molar-refractivity contribution is 5.98. The minimum absolute atomic E-state index is 0.112. The van der Waals surface area contributed by atoms with Crippen LogP contribution in [0.2, 0.25) is 0 Å². The third-order valence-corrected chi connectivity index (χ3v) is 6.83. The van der Waals surface area contributed by atoms with Crippen molar-refractivity contribution in [2.45, 2.75) is 25.7 Å². The van der Waals surface area contributed by atoms with Crippen LogP contribution in [0.4, 0.5) is 0 Å². The summed E-state index contributed by atoms with van der Waals surface area (Å²) in [6.45, 7) is 6.96. The summed E-state index contributed by atoms with van der Waals surface area (Å²) in [7, 11) is 0. The van der Waals surface area contributed by atoms with E-state index in [0.717, 1.165) is 35.4 Å². The van der Waals surface area contributed by atoms with Crippen LogP contribution in [0.5, 0.6) is 11.5 Å². The number of rotatable bonds is 7. The highest BCUT2D eigenvalue weighted by Gasteiger charge is 2.29. The van der Waals surface area contributed by atoms with Gasteiger partial charge in [0, 0.05) is 24.2 Å². The molecule has 4 aromatic rings. The largest absolute Gasteiger partial charge is 0.457 e. The van der Waals surface area contributed by atoms with Gasteiger partial charge in [0.25, 0.3) is 5.91 Å². The number of aromatic nitrogens is 3. The molecule has 2 aromatic heterocycles. The Morgan fingerprint density at radius 3 is 2.42 bits per heavy atom. The average molecular weight is 484 g/mol. The summed E-state index contributed by atoms with van der Waals surface area (Å²) in [6.07, 6.45) is 5.13. The summed E-state index contributed by atoms with van der Waals surface area (Å²) in [5.74, 6) is 1.03. The predicted octanol–water partition coefficient (Wildman–Crippen LogP) is 4.75. The molecule has 1 atom stereocenters. The molecule has 184 valence electrons. The van der Waals surface area contributed by atoms with Crippen LogP contribution in [-0.4, -0.2) is 44.4 Å². The molecule has 2 amide bonds. The molecule has 1 aliphatic heterocycles. The average Bonchev–Trinajstić information content (AvgIpc) is 3.48. The van der Waals surface area contributed by atoms with E-state index in [1.165, 1.54) is 0 Å². The number of nitrogens with one attached hydrogen (secondary N) is 1. The van der Waals surface area contributed by atoms with Crippen LogP contribution in [0.15, 0.2) is 73.4 Å². The highest BCUT2D eigenvalue weighted by atomic mass is 16.5. The molecule has 1 saturated heterocycles. The maximum atomic E-state index is 12.5. The number of benzene rings is 2. The van der Waals surface area contributed by atoms with E-state index in [2.05, 4.69) is 16.7 Å². The van der Waals surface area contributed by atoms with Crippen LogP contribution in [0, 0.1) is 5.92 Å². The molecule has 0 aliphatic carbocycles. The number of fused-ring (bicyclic) bond motifs is 1. The minimum atomic E-state index is -0.561. The summed E-state index contributed by atoms with van der Waals surface area (Å²) in [5.41, 5.74) is 9.29. The molecule has 0 saturated carbocycles. The Balaban J connectivity index is 1.40. The second-order valence-corrected chi connectivity index (χ2v) is 9.14. The summed E-state index contributed by atoms with van der Waals surface area (Å²) >= 11 is 0. The molecule has 36 heavy (non-hydrogen) atoms. The molecule has 2 aromatic carbocycles. The Kier molecular flexibility index (Phi) is 6.33. The van der Waals surface area contributed by atoms with E-state index in [9.17, 15) is 9.59 Å². The third-order valence-electron chi connectivity index (χ3n) is 6.83. The van der Waals surface area contributed by atoms with Crippen molar-refractivity contribution in [3.05, 3.63) is 84.7 Å². The minimum Gasteiger partial charge on any atom is -0.457 e. The molecular weight excluding hydrogens is 454 g/mol. The first-order valence-electron chi connectivity index (χ1n) is 12.1. The van der Waals surface area contributed by atoms with E-state index >= 15 is 0 Å². The Bertz CT molecular complexity index is 1400. The quantitative estimate of drug-likeness (QED) is 0.370. The van der Waals surface area contributed by atoms with Crippen molar-refractivity contribution in [1.29, 1.82) is 0 Å². The Hall–Kier alpha value is -4.33. The van der Waals surface area contributed by atoms with Crippen LogP contribution in [-0.2, 0) is 4.79 Å². The van der Waals surface area contributed by atoms with E-state index in [1.54, 1.807) is 16.8 Å². The zero-order chi connectivity index (χ0) is 25.2. The van der Waals surface area contributed by atoms with Crippen LogP contribution in [0.1, 0.15) is 41.7 Å². The van der Waals surface area contributed by atoms with Crippen molar-refractivity contribution in [1.82, 2.24) is 19.5 Å². The first-order valence-corrected chi connectivity index (χ1v) is 12.1. The van der Waals surface area contributed by atoms with Gasteiger partial charge in [0.1, 0.15) is 17.1 Å². The van der Waals surface area contributed by atoms with Crippen LogP contribution in [0.25, 0.3) is 16.9 Å². The van der Waals surface area contributed by atoms with Gasteiger partial charge in [-0.1, -0.05) is 31.2 Å². The van der Waals surface area contributed by atoms with E-state index in [-0.39, 0.29) is 17.7 Å². The van der Waals surface area contributed by atoms with Gasteiger partial charge in [-0.3, -0.25) is 9.59 Å². The summed E-state index contributed by atoms with van der Waals surface area (Å²) in [4.78, 5) is 30.3. The van der Waals surface area contributed by atoms with Gasteiger partial charge in [-0.05, 0) is 55.2 Å². The third kappa shape index (κ3) is 4.37. The number of primary amides is 1. The van der Waals surface area contributed by atoms with E-state index in [4.69, 9.17) is 10.5 Å². The van der Waals surface area contributed by atoms with Gasteiger partial charge in [0.2, 0.25) is 5.91 Å². The number of nitrogens with two attached hydrogens (primary N) is 1. The maximum absolute atomic E-state index is 12.5. The molecule has 5 rings (SSSR count). The lowest BCUT2D eigenvalue weighted by Crippen LogP contribution is -2.40. The van der Waals surface area contributed by atoms with E-state index < -0.39 is 5.91 Å². The lowest BCUT2D eigenvalue weighted by molar-refractivity contribution is -0.134. The molecule has 1 unspecified atom stereocenters. The van der Waals surface area contributed by atoms with Gasteiger partial charge < -0.3 is 20.4 Å². The molecule has 1 fully saturated rings. The number of likely N-dealkylation sites (tertiary alicyclic amines) is 1. The number of imidazole rings is 1. The first kappa shape index (κ1) is 23.4. The highest BCUT2D eigenvalue weighted by Crippen LogP contribution is 2.34. The molecule has 3 heterocycles. The lowest BCUT2D eigenvalue weighted by Gasteiger charge is -2.32. The maximum Gasteiger partial charge on any atom is 0.269 e. The molecule has 3 N–H and O–H groups in total. The van der Waals surface area contributed by atoms with Crippen molar-refractivity contribution in [2.75, 3.05) is 13.1 Å². The number of hydrogen-bond acceptors (Lipinski definition) is 4. The smallest absolute Gasteiger partial charge is 0.269 e. The zero-order valence-electron chi connectivity index (χ0n) is 20.2. The number of amides is 2. The normalized spacial score (nSPS) is 15.1. The van der Waals surface area contributed by atoms with E-state index in [0.29, 0.717) is 30.2 Å². The Morgan fingerprint density at radius 2 is 1.78 bits per heavy atom. The molecule has 0 radical (unpaired) electrons. The van der Waals surface area contributed by atoms with Crippen LogP contribution in [0.3, 0.4) is 0 Å². The second kappa shape index (κ2) is 9.73. The van der Waals surface area contributed by atoms with Crippen molar-refractivity contribution in [3.8, 4) is 22.8 Å². The molecule has 8 nitrogen and oxygen atoms in total. The Morgan fingerprint density at radius 1 is 1.11 bits per heavy atom. The number of ether oxygens (including phenoxy) is 1. The topological polar surface area (TPSA) is 106 Å². The SMILES string of the molecule is C=CC(C)C(=O)N1CCC(c2cnn3c(C(N)=O)c(-c4ccc(Oc5ccccc5)cc4)[nH]c23)CC1. The summed E-state index contributed by atoms with van der Waals surface area (Å²) in [5, 5.41) is 4.50. The van der Waals surface area contributed by atoms with Gasteiger partial charge in [-0.2, -0.15) is 5.10 Å². The van der Waals surface area contributed by atoms with Gasteiger partial charge in [-0.25, -0.2) is 4.52 Å². The first-order chi connectivity index (χ1) is 17.5. The van der Waals surface area contributed by atoms with Crippen molar-refractivity contribution in [2.24, 2.45) is 11.7 Å². The number of para-hydroxylation sites is 1. The molecule has 0 spiro atoms. The lowest BCUT2D eigenvalue weighted by atomic mass is 9.90. The summed E-state index contributed by atoms with van der Waals surface area (Å²) in [6, 6.07) is 17.0. The van der Waals surface area contributed by atoms with Crippen molar-refractivity contribution < 1.29 is 14.3 Å². The predicted molar refractivity (Wildman–Crippen MR) is 138 cm³/mol. The second-order valence-electron chi connectivity index (χ2n) is 9.14. The van der Waals surface area contributed by atoms with Gasteiger partial charge >= 0.3 is 0 Å². The fourth-order valence-corrected chi connectivity index (χ4v) is 4.79. The molecule has 1 aliphatic rings. The monoisotopic (exact) mass is 483 g/mol. The number of nitrogens with zero attached hydrogens (tertiary/aromatic N) is 3. The number of aromatic amines is 1.